The van der Waals surface area contributed by atoms with Gasteiger partial charge in [-0.2, -0.15) is 0 Å². The number of amides is 1. The molecule has 26 heavy (non-hydrogen) atoms. The number of likely N-dealkylation sites (tertiary alicyclic amines) is 2. The number of ether oxygens (including phenoxy) is 1. The first-order valence-corrected chi connectivity index (χ1v) is 9.21. The fourth-order valence-corrected chi connectivity index (χ4v) is 3.88. The van der Waals surface area contributed by atoms with Crippen molar-refractivity contribution >= 4 is 5.91 Å². The van der Waals surface area contributed by atoms with E-state index in [9.17, 15) is 13.6 Å². The highest BCUT2D eigenvalue weighted by molar-refractivity contribution is 5.77. The van der Waals surface area contributed by atoms with Crippen molar-refractivity contribution < 1.29 is 22.8 Å². The molecule has 2 aliphatic heterocycles. The van der Waals surface area contributed by atoms with Crippen molar-refractivity contribution in [3.05, 3.63) is 17.0 Å². The van der Waals surface area contributed by atoms with Crippen molar-refractivity contribution in [2.24, 2.45) is 0 Å². The Kier molecular flexibility index (Phi) is 5.62. The average molecular weight is 371 g/mol. The Hall–Kier alpha value is -1.54. The summed E-state index contributed by atoms with van der Waals surface area (Å²) in [7, 11) is 0. The lowest BCUT2D eigenvalue weighted by atomic mass is 10.0. The van der Waals surface area contributed by atoms with Gasteiger partial charge in [0.25, 0.3) is 5.92 Å². The summed E-state index contributed by atoms with van der Waals surface area (Å²) in [6, 6.07) is -0.272. The zero-order valence-corrected chi connectivity index (χ0v) is 15.6. The van der Waals surface area contributed by atoms with E-state index in [1.165, 1.54) is 0 Å². The molecular weight excluding hydrogens is 344 g/mol. The first kappa shape index (κ1) is 19.2. The third-order valence-electron chi connectivity index (χ3n) is 5.39. The summed E-state index contributed by atoms with van der Waals surface area (Å²) >= 11 is 0. The zero-order chi connectivity index (χ0) is 18.9. The van der Waals surface area contributed by atoms with Crippen LogP contribution in [-0.2, 0) is 16.0 Å². The molecule has 2 aliphatic rings. The van der Waals surface area contributed by atoms with Crippen molar-refractivity contribution in [3.8, 4) is 0 Å². The highest BCUT2D eigenvalue weighted by atomic mass is 19.3. The molecule has 0 aliphatic carbocycles. The second-order valence-corrected chi connectivity index (χ2v) is 7.30. The summed E-state index contributed by atoms with van der Waals surface area (Å²) in [5.41, 5.74) is 1.79. The molecule has 146 valence electrons. The van der Waals surface area contributed by atoms with Crippen LogP contribution in [0.4, 0.5) is 8.78 Å². The van der Waals surface area contributed by atoms with Crippen LogP contribution in [-0.4, -0.2) is 71.7 Å². The van der Waals surface area contributed by atoms with Gasteiger partial charge in [-0.3, -0.25) is 9.69 Å². The van der Waals surface area contributed by atoms with Gasteiger partial charge in [0.1, 0.15) is 5.76 Å². The first-order chi connectivity index (χ1) is 12.3. The van der Waals surface area contributed by atoms with E-state index in [1.807, 2.05) is 25.7 Å². The van der Waals surface area contributed by atoms with Crippen molar-refractivity contribution in [3.63, 3.8) is 0 Å². The highest BCUT2D eigenvalue weighted by Crippen LogP contribution is 2.35. The van der Waals surface area contributed by atoms with E-state index in [0.29, 0.717) is 39.1 Å². The lowest BCUT2D eigenvalue weighted by Gasteiger charge is -2.46. The normalized spacial score (nSPS) is 23.4. The second-order valence-electron chi connectivity index (χ2n) is 7.30. The standard InChI is InChI=1S/C18H27F2N3O3/c1-4-25-10-14-7-18(19,20)11-23(14)15-8-22(9-15)17(24)6-5-16-12(2)21-26-13(16)3/h14-15H,4-11H2,1-3H3/t14-/m0/s1. The van der Waals surface area contributed by atoms with Gasteiger partial charge >= 0.3 is 0 Å². The maximum atomic E-state index is 13.8. The molecule has 0 radical (unpaired) electrons. The first-order valence-electron chi connectivity index (χ1n) is 9.21. The Morgan fingerprint density at radius 1 is 1.38 bits per heavy atom. The molecule has 0 N–H and O–H groups in total. The van der Waals surface area contributed by atoms with Crippen LogP contribution in [0.3, 0.4) is 0 Å². The van der Waals surface area contributed by atoms with E-state index in [4.69, 9.17) is 9.26 Å². The SMILES string of the molecule is CCOC[C@@H]1CC(F)(F)CN1C1CN(C(=O)CCc2c(C)noc2C)C1. The van der Waals surface area contributed by atoms with E-state index in [1.54, 1.807) is 4.90 Å². The lowest BCUT2D eigenvalue weighted by Crippen LogP contribution is -2.62. The predicted octanol–water partition coefficient (Wildman–Crippen LogP) is 2.18. The van der Waals surface area contributed by atoms with Gasteiger partial charge in [-0.1, -0.05) is 5.16 Å². The minimum atomic E-state index is -2.67. The van der Waals surface area contributed by atoms with Crippen LogP contribution in [0, 0.1) is 13.8 Å². The van der Waals surface area contributed by atoms with Crippen molar-refractivity contribution in [1.29, 1.82) is 0 Å². The van der Waals surface area contributed by atoms with Crippen LogP contribution in [0.2, 0.25) is 0 Å². The van der Waals surface area contributed by atoms with Gasteiger partial charge in [-0.25, -0.2) is 8.78 Å². The number of hydrogen-bond acceptors (Lipinski definition) is 5. The molecule has 1 atom stereocenters. The lowest BCUT2D eigenvalue weighted by molar-refractivity contribution is -0.139. The van der Waals surface area contributed by atoms with Gasteiger partial charge in [0.2, 0.25) is 5.91 Å². The number of nitrogens with zero attached hydrogens (tertiary/aromatic N) is 3. The molecule has 0 unspecified atom stereocenters. The number of halogens is 2. The summed E-state index contributed by atoms with van der Waals surface area (Å²) in [6.45, 7) is 7.19. The van der Waals surface area contributed by atoms with E-state index in [0.717, 1.165) is 17.0 Å². The van der Waals surface area contributed by atoms with Crippen LogP contribution < -0.4 is 0 Å². The minimum Gasteiger partial charge on any atom is -0.380 e. The molecule has 8 heteroatoms. The molecule has 3 rings (SSSR count). The molecule has 3 heterocycles. The molecule has 1 amide bonds. The van der Waals surface area contributed by atoms with E-state index in [2.05, 4.69) is 5.16 Å². The Morgan fingerprint density at radius 2 is 2.12 bits per heavy atom. The molecule has 1 aromatic heterocycles. The van der Waals surface area contributed by atoms with Crippen LogP contribution in [0.1, 0.15) is 36.8 Å². The summed E-state index contributed by atoms with van der Waals surface area (Å²) in [5, 5.41) is 3.89. The summed E-state index contributed by atoms with van der Waals surface area (Å²) in [5.74, 6) is -1.88. The van der Waals surface area contributed by atoms with Crippen LogP contribution in [0.5, 0.6) is 0 Å². The molecular formula is C18H27F2N3O3. The zero-order valence-electron chi connectivity index (χ0n) is 15.6. The van der Waals surface area contributed by atoms with Crippen molar-refractivity contribution in [2.75, 3.05) is 32.8 Å². The Bertz CT molecular complexity index is 624. The largest absolute Gasteiger partial charge is 0.380 e. The third-order valence-corrected chi connectivity index (χ3v) is 5.39. The molecule has 6 nitrogen and oxygen atoms in total. The molecule has 0 spiro atoms. The third kappa shape index (κ3) is 4.06. The highest BCUT2D eigenvalue weighted by Gasteiger charge is 2.50. The summed E-state index contributed by atoms with van der Waals surface area (Å²) < 4.78 is 38.1. The van der Waals surface area contributed by atoms with Gasteiger partial charge in [-0.05, 0) is 27.2 Å². The van der Waals surface area contributed by atoms with Gasteiger partial charge in [0.05, 0.1) is 18.8 Å². The van der Waals surface area contributed by atoms with Gasteiger partial charge in [0.15, 0.2) is 0 Å². The van der Waals surface area contributed by atoms with Crippen LogP contribution in [0.15, 0.2) is 4.52 Å². The minimum absolute atomic E-state index is 0.00292. The van der Waals surface area contributed by atoms with Gasteiger partial charge in [0, 0.05) is 50.2 Å². The molecule has 0 aromatic carbocycles. The monoisotopic (exact) mass is 371 g/mol. The Morgan fingerprint density at radius 3 is 2.73 bits per heavy atom. The van der Waals surface area contributed by atoms with Gasteiger partial charge in [-0.15, -0.1) is 0 Å². The quantitative estimate of drug-likeness (QED) is 0.735. The number of carbonyl (C=O) groups excluding carboxylic acids is 1. The van der Waals surface area contributed by atoms with E-state index >= 15 is 0 Å². The summed E-state index contributed by atoms with van der Waals surface area (Å²) in [4.78, 5) is 15.9. The second kappa shape index (κ2) is 7.60. The number of aromatic nitrogens is 1. The molecule has 0 bridgehead atoms. The predicted molar refractivity (Wildman–Crippen MR) is 91.2 cm³/mol. The van der Waals surface area contributed by atoms with Crippen LogP contribution in [0.25, 0.3) is 0 Å². The van der Waals surface area contributed by atoms with Crippen molar-refractivity contribution in [2.45, 2.75) is 58.0 Å². The number of carbonyl (C=O) groups is 1. The van der Waals surface area contributed by atoms with Crippen molar-refractivity contribution in [1.82, 2.24) is 15.0 Å². The maximum Gasteiger partial charge on any atom is 0.262 e. The molecule has 2 saturated heterocycles. The Labute approximate surface area is 152 Å². The number of hydrogen-bond donors (Lipinski definition) is 0. The Balaban J connectivity index is 1.49. The number of alkyl halides is 2. The molecule has 1 aromatic rings. The molecule has 2 fully saturated rings. The fraction of sp³-hybridized carbons (Fsp3) is 0.778. The maximum absolute atomic E-state index is 13.8. The smallest absolute Gasteiger partial charge is 0.262 e. The summed E-state index contributed by atoms with van der Waals surface area (Å²) in [6.07, 6.45) is 0.813. The molecule has 0 saturated carbocycles. The number of aryl methyl sites for hydroxylation is 2. The topological polar surface area (TPSA) is 58.8 Å². The average Bonchev–Trinajstić information content (AvgIpc) is 3.01. The van der Waals surface area contributed by atoms with Crippen LogP contribution >= 0.6 is 0 Å². The number of rotatable bonds is 7. The fourth-order valence-electron chi connectivity index (χ4n) is 3.88. The van der Waals surface area contributed by atoms with E-state index in [-0.39, 0.29) is 31.0 Å². The van der Waals surface area contributed by atoms with E-state index < -0.39 is 5.92 Å². The van der Waals surface area contributed by atoms with Gasteiger partial charge < -0.3 is 14.2 Å².